The number of fused-ring (bicyclic) bond motifs is 12. The Bertz CT molecular complexity index is 2760. The smallest absolute Gasteiger partial charge is 0.164 e. The number of aromatic nitrogens is 3. The number of anilines is 2. The molecule has 3 atom stereocenters. The predicted molar refractivity (Wildman–Crippen MR) is 226 cm³/mol. The van der Waals surface area contributed by atoms with Gasteiger partial charge in [-0.15, -0.1) is 0 Å². The van der Waals surface area contributed by atoms with Gasteiger partial charge in [-0.2, -0.15) is 0 Å². The normalized spacial score (nSPS) is 19.9. The number of rotatable bonds is 4. The average molecular weight is 717 g/mol. The van der Waals surface area contributed by atoms with Gasteiger partial charge in [0.2, 0.25) is 0 Å². The van der Waals surface area contributed by atoms with Gasteiger partial charge < -0.3 is 4.90 Å². The largest absolute Gasteiger partial charge is 0.333 e. The van der Waals surface area contributed by atoms with Crippen molar-refractivity contribution < 1.29 is 0 Å². The Balaban J connectivity index is 0.986. The van der Waals surface area contributed by atoms with Crippen LogP contribution in [-0.4, -0.2) is 21.0 Å². The van der Waals surface area contributed by atoms with E-state index in [9.17, 15) is 0 Å². The minimum atomic E-state index is -0.412. The summed E-state index contributed by atoms with van der Waals surface area (Å²) in [5, 5.41) is 0. The van der Waals surface area contributed by atoms with Crippen LogP contribution in [0.1, 0.15) is 57.5 Å². The molecule has 3 heterocycles. The molecule has 1 spiro atoms. The van der Waals surface area contributed by atoms with Gasteiger partial charge in [-0.05, 0) is 57.0 Å². The first-order valence-electron chi connectivity index (χ1n) is 19.6. The fourth-order valence-corrected chi connectivity index (χ4v) is 10.2. The van der Waals surface area contributed by atoms with Crippen molar-refractivity contribution >= 4 is 16.9 Å². The molecule has 264 valence electrons. The van der Waals surface area contributed by atoms with Crippen molar-refractivity contribution in [2.45, 2.75) is 29.7 Å². The van der Waals surface area contributed by atoms with Gasteiger partial charge in [-0.25, -0.2) is 15.0 Å². The molecular formula is C52H36N4. The average Bonchev–Trinajstić information content (AvgIpc) is 3.77. The zero-order valence-electron chi connectivity index (χ0n) is 30.6. The van der Waals surface area contributed by atoms with Gasteiger partial charge in [0, 0.05) is 34.2 Å². The molecule has 0 saturated heterocycles. The molecule has 0 N–H and O–H groups in total. The summed E-state index contributed by atoms with van der Waals surface area (Å²) in [4.78, 5) is 17.6. The molecule has 0 saturated carbocycles. The van der Waals surface area contributed by atoms with Gasteiger partial charge in [0.1, 0.15) is 0 Å². The van der Waals surface area contributed by atoms with Gasteiger partial charge in [0.05, 0.1) is 17.1 Å². The third-order valence-corrected chi connectivity index (χ3v) is 12.6. The highest BCUT2D eigenvalue weighted by Gasteiger charge is 2.55. The first kappa shape index (κ1) is 31.4. The Morgan fingerprint density at radius 3 is 1.84 bits per heavy atom. The maximum atomic E-state index is 5.01. The fourth-order valence-electron chi connectivity index (χ4n) is 10.2. The number of hydrogen-bond acceptors (Lipinski definition) is 4. The fraction of sp³-hybridized carbons (Fsp3) is 0.0962. The summed E-state index contributed by atoms with van der Waals surface area (Å²) in [6.07, 6.45) is 17.0. The summed E-state index contributed by atoms with van der Waals surface area (Å²) in [6, 6.07) is 53.2. The van der Waals surface area contributed by atoms with Crippen LogP contribution in [0.15, 0.2) is 188 Å². The minimum Gasteiger partial charge on any atom is -0.333 e. The topological polar surface area (TPSA) is 41.9 Å². The third-order valence-electron chi connectivity index (χ3n) is 12.6. The summed E-state index contributed by atoms with van der Waals surface area (Å²) < 4.78 is 0. The number of nitrogens with zero attached hydrogens (tertiary/aromatic N) is 4. The van der Waals surface area contributed by atoms with Crippen LogP contribution in [0.4, 0.5) is 11.4 Å². The zero-order valence-corrected chi connectivity index (χ0v) is 30.6. The lowest BCUT2D eigenvalue weighted by Crippen LogP contribution is -2.39. The molecule has 6 aromatic carbocycles. The number of hydrogen-bond donors (Lipinski definition) is 0. The molecule has 0 radical (unpaired) electrons. The maximum Gasteiger partial charge on any atom is 0.164 e. The second-order valence-corrected chi connectivity index (χ2v) is 15.4. The van der Waals surface area contributed by atoms with Crippen LogP contribution < -0.4 is 4.90 Å². The molecule has 0 bridgehead atoms. The van der Waals surface area contributed by atoms with E-state index in [0.717, 1.165) is 23.1 Å². The molecule has 4 nitrogen and oxygen atoms in total. The molecule has 5 aliphatic rings. The van der Waals surface area contributed by atoms with Crippen LogP contribution >= 0.6 is 0 Å². The Morgan fingerprint density at radius 1 is 0.536 bits per heavy atom. The van der Waals surface area contributed by atoms with Crippen LogP contribution in [0.2, 0.25) is 0 Å². The van der Waals surface area contributed by atoms with E-state index in [1.807, 2.05) is 36.4 Å². The highest BCUT2D eigenvalue weighted by Crippen LogP contribution is 2.66. The van der Waals surface area contributed by atoms with E-state index < -0.39 is 5.41 Å². The van der Waals surface area contributed by atoms with Gasteiger partial charge in [-0.1, -0.05) is 182 Å². The molecule has 56 heavy (non-hydrogen) atoms. The molecule has 1 aromatic heterocycles. The number of benzene rings is 6. The summed E-state index contributed by atoms with van der Waals surface area (Å²) in [7, 11) is 0. The van der Waals surface area contributed by atoms with Gasteiger partial charge in [0.15, 0.2) is 17.5 Å². The van der Waals surface area contributed by atoms with Crippen molar-refractivity contribution in [1.29, 1.82) is 0 Å². The predicted octanol–water partition coefficient (Wildman–Crippen LogP) is 11.7. The van der Waals surface area contributed by atoms with Crippen LogP contribution in [0.3, 0.4) is 0 Å². The van der Waals surface area contributed by atoms with E-state index in [1.54, 1.807) is 0 Å². The SMILES string of the molecule is C1=CC2c3cccc4c3N(c3cc(C5C=CC(c6nc(-c7ccccc7)nc(-c7ccccc7)n6)=CC5)ccc3C43c4ccccc4-c4ccccc43)C2C=C1. The molecule has 3 aliphatic carbocycles. The van der Waals surface area contributed by atoms with Gasteiger partial charge in [-0.3, -0.25) is 0 Å². The minimum absolute atomic E-state index is 0.212. The monoisotopic (exact) mass is 716 g/mol. The second-order valence-electron chi connectivity index (χ2n) is 15.4. The van der Waals surface area contributed by atoms with E-state index in [2.05, 4.69) is 157 Å². The lowest BCUT2D eigenvalue weighted by Gasteiger charge is -2.45. The first-order chi connectivity index (χ1) is 27.8. The molecule has 0 fully saturated rings. The molecule has 7 aromatic rings. The highest BCUT2D eigenvalue weighted by atomic mass is 15.2. The van der Waals surface area contributed by atoms with Crippen LogP contribution in [0.5, 0.6) is 0 Å². The Hall–Kier alpha value is -6.91. The Labute approximate surface area is 326 Å². The van der Waals surface area contributed by atoms with Crippen molar-refractivity contribution in [2.75, 3.05) is 4.90 Å². The van der Waals surface area contributed by atoms with Crippen LogP contribution in [0.25, 0.3) is 39.5 Å². The number of para-hydroxylation sites is 1. The van der Waals surface area contributed by atoms with Gasteiger partial charge >= 0.3 is 0 Å². The molecule has 4 heteroatoms. The Morgan fingerprint density at radius 2 is 1.16 bits per heavy atom. The molecule has 3 unspecified atom stereocenters. The van der Waals surface area contributed by atoms with Crippen LogP contribution in [-0.2, 0) is 5.41 Å². The standard InChI is InChI=1S/C52H36N4/c1-3-14-34(15-4-1)49-53-50(35-16-5-2-6-17-35)55-51(54-49)36-28-26-33(27-29-36)37-30-31-44-47(32-37)56-46-25-12-9-20-40(46)41-21-13-24-45(48(41)56)52(44)42-22-10-7-18-38(42)39-19-8-11-23-43(39)52/h1-26,28-33,40,46H,27H2. The molecule has 0 amide bonds. The summed E-state index contributed by atoms with van der Waals surface area (Å²) in [5.41, 5.74) is 16.1. The van der Waals surface area contributed by atoms with Crippen molar-refractivity contribution in [3.05, 3.63) is 227 Å². The van der Waals surface area contributed by atoms with Crippen molar-refractivity contribution in [3.8, 4) is 33.9 Å². The van der Waals surface area contributed by atoms with E-state index in [4.69, 9.17) is 15.0 Å². The van der Waals surface area contributed by atoms with Crippen molar-refractivity contribution in [1.82, 2.24) is 15.0 Å². The van der Waals surface area contributed by atoms with E-state index in [0.29, 0.717) is 23.4 Å². The first-order valence-corrected chi connectivity index (χ1v) is 19.6. The molecule has 12 rings (SSSR count). The van der Waals surface area contributed by atoms with E-state index in [1.165, 1.54) is 55.9 Å². The summed E-state index contributed by atoms with van der Waals surface area (Å²) in [5.74, 6) is 2.57. The second kappa shape index (κ2) is 12.0. The van der Waals surface area contributed by atoms with E-state index >= 15 is 0 Å². The molecular weight excluding hydrogens is 681 g/mol. The Kier molecular flexibility index (Phi) is 6.76. The highest BCUT2D eigenvalue weighted by molar-refractivity contribution is 5.96. The van der Waals surface area contributed by atoms with Crippen molar-refractivity contribution in [3.63, 3.8) is 0 Å². The van der Waals surface area contributed by atoms with Gasteiger partial charge in [0.25, 0.3) is 0 Å². The zero-order chi connectivity index (χ0) is 36.8. The third kappa shape index (κ3) is 4.38. The quantitative estimate of drug-likeness (QED) is 0.182. The maximum absolute atomic E-state index is 5.01. The molecule has 2 aliphatic heterocycles. The van der Waals surface area contributed by atoms with Crippen molar-refractivity contribution in [2.24, 2.45) is 0 Å². The number of allylic oxidation sites excluding steroid dienone is 6. The summed E-state index contributed by atoms with van der Waals surface area (Å²) >= 11 is 0. The van der Waals surface area contributed by atoms with E-state index in [-0.39, 0.29) is 12.0 Å². The lowest BCUT2D eigenvalue weighted by molar-refractivity contribution is 0.703. The van der Waals surface area contributed by atoms with Crippen LogP contribution in [0, 0.1) is 0 Å². The summed E-state index contributed by atoms with van der Waals surface area (Å²) in [6.45, 7) is 0. The lowest BCUT2D eigenvalue weighted by atomic mass is 9.64.